The van der Waals surface area contributed by atoms with Gasteiger partial charge in [-0.2, -0.15) is 5.26 Å². The van der Waals surface area contributed by atoms with Crippen molar-refractivity contribution >= 4 is 0 Å². The Balaban J connectivity index is 2.34. The molecular weight excluding hydrogens is 176 g/mol. The SMILES string of the molecule is CC(N)(C#N)CCOc1ccccc1. The van der Waals surface area contributed by atoms with Gasteiger partial charge in [-0.05, 0) is 19.1 Å². The van der Waals surface area contributed by atoms with Gasteiger partial charge in [0.05, 0.1) is 12.7 Å². The molecule has 2 N–H and O–H groups in total. The molecule has 1 aromatic rings. The molecule has 1 unspecified atom stereocenters. The van der Waals surface area contributed by atoms with Gasteiger partial charge in [-0.1, -0.05) is 18.2 Å². The van der Waals surface area contributed by atoms with Crippen molar-refractivity contribution in [2.24, 2.45) is 5.73 Å². The normalized spacial score (nSPS) is 14.1. The fourth-order valence-electron chi connectivity index (χ4n) is 0.954. The molecule has 0 saturated carbocycles. The van der Waals surface area contributed by atoms with E-state index in [0.717, 1.165) is 5.75 Å². The lowest BCUT2D eigenvalue weighted by Crippen LogP contribution is -2.35. The van der Waals surface area contributed by atoms with Gasteiger partial charge in [-0.3, -0.25) is 0 Å². The van der Waals surface area contributed by atoms with Gasteiger partial charge in [0.1, 0.15) is 11.3 Å². The highest BCUT2D eigenvalue weighted by molar-refractivity contribution is 5.20. The van der Waals surface area contributed by atoms with Crippen LogP contribution >= 0.6 is 0 Å². The summed E-state index contributed by atoms with van der Waals surface area (Å²) in [5.41, 5.74) is 4.84. The van der Waals surface area contributed by atoms with Crippen molar-refractivity contribution in [2.75, 3.05) is 6.61 Å². The summed E-state index contributed by atoms with van der Waals surface area (Å²) >= 11 is 0. The van der Waals surface area contributed by atoms with Crippen LogP contribution in [-0.2, 0) is 0 Å². The number of hydrogen-bond acceptors (Lipinski definition) is 3. The number of benzene rings is 1. The van der Waals surface area contributed by atoms with Crippen LogP contribution in [0.3, 0.4) is 0 Å². The first-order valence-corrected chi connectivity index (χ1v) is 4.52. The van der Waals surface area contributed by atoms with E-state index in [4.69, 9.17) is 15.7 Å². The van der Waals surface area contributed by atoms with E-state index in [-0.39, 0.29) is 0 Å². The minimum Gasteiger partial charge on any atom is -0.493 e. The van der Waals surface area contributed by atoms with Crippen molar-refractivity contribution in [3.63, 3.8) is 0 Å². The molecule has 1 rings (SSSR count). The molecule has 0 amide bonds. The molecule has 0 aromatic heterocycles. The molecule has 0 radical (unpaired) electrons. The van der Waals surface area contributed by atoms with Crippen molar-refractivity contribution in [1.29, 1.82) is 5.26 Å². The Bertz CT molecular complexity index is 314. The third-order valence-electron chi connectivity index (χ3n) is 1.89. The molecule has 1 atom stereocenters. The molecule has 3 heteroatoms. The van der Waals surface area contributed by atoms with Gasteiger partial charge in [-0.15, -0.1) is 0 Å². The van der Waals surface area contributed by atoms with Crippen molar-refractivity contribution < 1.29 is 4.74 Å². The molecule has 14 heavy (non-hydrogen) atoms. The van der Waals surface area contributed by atoms with E-state index in [1.54, 1.807) is 6.92 Å². The quantitative estimate of drug-likeness (QED) is 0.786. The molecule has 74 valence electrons. The molecule has 0 aliphatic carbocycles. The van der Waals surface area contributed by atoms with E-state index in [0.29, 0.717) is 13.0 Å². The Morgan fingerprint density at radius 3 is 2.64 bits per heavy atom. The van der Waals surface area contributed by atoms with Crippen molar-refractivity contribution in [3.8, 4) is 11.8 Å². The lowest BCUT2D eigenvalue weighted by molar-refractivity contribution is 0.286. The molecule has 0 fully saturated rings. The van der Waals surface area contributed by atoms with E-state index in [9.17, 15) is 0 Å². The number of nitriles is 1. The topological polar surface area (TPSA) is 59.0 Å². The minimum absolute atomic E-state index is 0.463. The maximum atomic E-state index is 8.66. The molecule has 0 saturated heterocycles. The zero-order chi connectivity index (χ0) is 10.4. The van der Waals surface area contributed by atoms with Gasteiger partial charge in [0.2, 0.25) is 0 Å². The second kappa shape index (κ2) is 4.64. The maximum absolute atomic E-state index is 8.66. The second-order valence-corrected chi connectivity index (χ2v) is 3.44. The highest BCUT2D eigenvalue weighted by Crippen LogP contribution is 2.10. The van der Waals surface area contributed by atoms with Crippen molar-refractivity contribution in [2.45, 2.75) is 18.9 Å². The second-order valence-electron chi connectivity index (χ2n) is 3.44. The fourth-order valence-corrected chi connectivity index (χ4v) is 0.954. The highest BCUT2D eigenvalue weighted by Gasteiger charge is 2.16. The number of nitrogens with two attached hydrogens (primary N) is 1. The molecule has 0 bridgehead atoms. The summed E-state index contributed by atoms with van der Waals surface area (Å²) in [6.45, 7) is 2.16. The summed E-state index contributed by atoms with van der Waals surface area (Å²) in [7, 11) is 0. The van der Waals surface area contributed by atoms with Gasteiger partial charge < -0.3 is 10.5 Å². The first kappa shape index (κ1) is 10.6. The van der Waals surface area contributed by atoms with Gasteiger partial charge in [-0.25, -0.2) is 0 Å². The molecule has 1 aromatic carbocycles. The predicted octanol–water partition coefficient (Wildman–Crippen LogP) is 1.70. The summed E-state index contributed by atoms with van der Waals surface area (Å²) in [6.07, 6.45) is 0.526. The third-order valence-corrected chi connectivity index (χ3v) is 1.89. The summed E-state index contributed by atoms with van der Waals surface area (Å²) < 4.78 is 5.41. The molecule has 0 aliphatic heterocycles. The Morgan fingerprint density at radius 2 is 2.07 bits per heavy atom. The van der Waals surface area contributed by atoms with E-state index in [2.05, 4.69) is 0 Å². The lowest BCUT2D eigenvalue weighted by atomic mass is 10.0. The van der Waals surface area contributed by atoms with Crippen LogP contribution in [0.1, 0.15) is 13.3 Å². The van der Waals surface area contributed by atoms with Crippen LogP contribution in [-0.4, -0.2) is 12.1 Å². The fraction of sp³-hybridized carbons (Fsp3) is 0.364. The van der Waals surface area contributed by atoms with Crippen LogP contribution in [0, 0.1) is 11.3 Å². The Kier molecular flexibility index (Phi) is 3.49. The Morgan fingerprint density at radius 1 is 1.43 bits per heavy atom. The molecule has 3 nitrogen and oxygen atoms in total. The molecule has 0 spiro atoms. The monoisotopic (exact) mass is 190 g/mol. The van der Waals surface area contributed by atoms with Gasteiger partial charge in [0, 0.05) is 6.42 Å². The number of hydrogen-bond donors (Lipinski definition) is 1. The van der Waals surface area contributed by atoms with Crippen LogP contribution in [0.4, 0.5) is 0 Å². The average molecular weight is 190 g/mol. The Hall–Kier alpha value is -1.53. The first-order chi connectivity index (χ1) is 6.64. The lowest BCUT2D eigenvalue weighted by Gasteiger charge is -2.15. The summed E-state index contributed by atoms with van der Waals surface area (Å²) in [4.78, 5) is 0. The summed E-state index contributed by atoms with van der Waals surface area (Å²) in [6, 6.07) is 11.5. The van der Waals surface area contributed by atoms with Crippen LogP contribution < -0.4 is 10.5 Å². The van der Waals surface area contributed by atoms with Crippen LogP contribution in [0.5, 0.6) is 5.75 Å². The minimum atomic E-state index is -0.797. The first-order valence-electron chi connectivity index (χ1n) is 4.52. The third kappa shape index (κ3) is 3.46. The average Bonchev–Trinajstić information content (AvgIpc) is 2.19. The Labute approximate surface area is 84.1 Å². The molecular formula is C11H14N2O. The zero-order valence-electron chi connectivity index (χ0n) is 8.23. The number of para-hydroxylation sites is 1. The molecule has 0 aliphatic rings. The summed E-state index contributed by atoms with van der Waals surface area (Å²) in [5, 5.41) is 8.66. The van der Waals surface area contributed by atoms with Crippen molar-refractivity contribution in [1.82, 2.24) is 0 Å². The van der Waals surface area contributed by atoms with Crippen LogP contribution in [0.15, 0.2) is 30.3 Å². The van der Waals surface area contributed by atoms with Crippen LogP contribution in [0.2, 0.25) is 0 Å². The number of rotatable bonds is 4. The van der Waals surface area contributed by atoms with E-state index >= 15 is 0 Å². The van der Waals surface area contributed by atoms with Gasteiger partial charge >= 0.3 is 0 Å². The largest absolute Gasteiger partial charge is 0.493 e. The number of nitrogens with zero attached hydrogens (tertiary/aromatic N) is 1. The van der Waals surface area contributed by atoms with Crippen molar-refractivity contribution in [3.05, 3.63) is 30.3 Å². The van der Waals surface area contributed by atoms with E-state index < -0.39 is 5.54 Å². The smallest absolute Gasteiger partial charge is 0.119 e. The number of ether oxygens (including phenoxy) is 1. The van der Waals surface area contributed by atoms with Gasteiger partial charge in [0.25, 0.3) is 0 Å². The van der Waals surface area contributed by atoms with Crippen LogP contribution in [0.25, 0.3) is 0 Å². The highest BCUT2D eigenvalue weighted by atomic mass is 16.5. The zero-order valence-corrected chi connectivity index (χ0v) is 8.23. The predicted molar refractivity (Wildman–Crippen MR) is 54.8 cm³/mol. The summed E-state index contributed by atoms with van der Waals surface area (Å²) in [5.74, 6) is 0.807. The molecule has 0 heterocycles. The van der Waals surface area contributed by atoms with E-state index in [1.807, 2.05) is 36.4 Å². The maximum Gasteiger partial charge on any atom is 0.119 e. The standard InChI is InChI=1S/C11H14N2O/c1-11(13,9-12)7-8-14-10-5-3-2-4-6-10/h2-6H,7-8,13H2,1H3. The van der Waals surface area contributed by atoms with E-state index in [1.165, 1.54) is 0 Å². The van der Waals surface area contributed by atoms with Gasteiger partial charge in [0.15, 0.2) is 0 Å².